The molecule has 0 aromatic rings. The quantitative estimate of drug-likeness (QED) is 0.160. The fraction of sp³-hybridized carbons (Fsp3) is 0.562. The monoisotopic (exact) mass is 291 g/mol. The maximum Gasteiger partial charge on any atom is 0.118 e. The molecule has 0 bridgehead atoms. The van der Waals surface area contributed by atoms with E-state index < -0.39 is 0 Å². The molecule has 0 aliphatic carbocycles. The summed E-state index contributed by atoms with van der Waals surface area (Å²) in [6.45, 7) is 10.5. The second-order valence-corrected chi connectivity index (χ2v) is 4.96. The van der Waals surface area contributed by atoms with Crippen LogP contribution >= 0.6 is 0 Å². The first-order valence-corrected chi connectivity index (χ1v) is 7.39. The third kappa shape index (κ3) is 8.07. The van der Waals surface area contributed by atoms with Crippen LogP contribution in [0.4, 0.5) is 0 Å². The zero-order valence-corrected chi connectivity index (χ0v) is 14.0. The van der Waals surface area contributed by atoms with Crippen molar-refractivity contribution in [2.45, 2.75) is 53.9 Å². The smallest absolute Gasteiger partial charge is 0.118 e. The van der Waals surface area contributed by atoms with Crippen LogP contribution in [0.5, 0.6) is 0 Å². The number of nitrogens with one attached hydrogen (secondary N) is 2. The molecule has 0 aromatic heterocycles. The fourth-order valence-corrected chi connectivity index (χ4v) is 1.75. The minimum absolute atomic E-state index is 0.552. The van der Waals surface area contributed by atoms with Crippen molar-refractivity contribution in [1.82, 2.24) is 5.32 Å². The topological polar surface area (TPSA) is 86.6 Å². The number of nitrogens with two attached hydrogens (primary N) is 1. The molecule has 0 heterocycles. The van der Waals surface area contributed by atoms with Crippen molar-refractivity contribution >= 4 is 17.8 Å². The zero-order chi connectivity index (χ0) is 16.3. The number of hydrazone groups is 1. The van der Waals surface area contributed by atoms with Gasteiger partial charge in [-0.15, -0.1) is 0 Å². The highest BCUT2D eigenvalue weighted by atomic mass is 15.2. The Balaban J connectivity index is 5.04. The van der Waals surface area contributed by atoms with E-state index in [9.17, 15) is 0 Å². The van der Waals surface area contributed by atoms with Crippen molar-refractivity contribution in [1.29, 1.82) is 5.41 Å². The lowest BCUT2D eigenvalue weighted by atomic mass is 10.0. The highest BCUT2D eigenvalue weighted by Gasteiger charge is 2.06. The van der Waals surface area contributed by atoms with Crippen molar-refractivity contribution in [2.75, 3.05) is 6.54 Å². The van der Waals surface area contributed by atoms with Crippen LogP contribution < -0.4 is 11.2 Å². The van der Waals surface area contributed by atoms with Crippen LogP contribution in [0, 0.1) is 5.41 Å². The second-order valence-electron chi connectivity index (χ2n) is 4.96. The second kappa shape index (κ2) is 10.8. The molecule has 0 spiro atoms. The van der Waals surface area contributed by atoms with Gasteiger partial charge in [-0.25, -0.2) is 0 Å². The average Bonchev–Trinajstić information content (AvgIpc) is 2.47. The van der Waals surface area contributed by atoms with Crippen LogP contribution in [0.1, 0.15) is 53.9 Å². The van der Waals surface area contributed by atoms with Crippen molar-refractivity contribution in [3.63, 3.8) is 0 Å². The van der Waals surface area contributed by atoms with E-state index in [4.69, 9.17) is 11.3 Å². The van der Waals surface area contributed by atoms with Gasteiger partial charge in [0.25, 0.3) is 0 Å². The largest absolute Gasteiger partial charge is 0.372 e. The van der Waals surface area contributed by atoms with Crippen molar-refractivity contribution < 1.29 is 0 Å². The van der Waals surface area contributed by atoms with Gasteiger partial charge in [-0.05, 0) is 47.0 Å². The van der Waals surface area contributed by atoms with Crippen molar-refractivity contribution in [3.8, 4) is 0 Å². The number of nitrogens with zero attached hydrogens (tertiary/aromatic N) is 2. The van der Waals surface area contributed by atoms with Gasteiger partial charge in [0.2, 0.25) is 0 Å². The van der Waals surface area contributed by atoms with Gasteiger partial charge in [0.15, 0.2) is 0 Å². The Hall–Kier alpha value is -1.91. The minimum Gasteiger partial charge on any atom is -0.372 e. The molecular formula is C16H29N5. The Morgan fingerprint density at radius 2 is 1.95 bits per heavy atom. The predicted molar refractivity (Wildman–Crippen MR) is 93.2 cm³/mol. The van der Waals surface area contributed by atoms with E-state index in [1.807, 2.05) is 20.8 Å². The third-order valence-corrected chi connectivity index (χ3v) is 3.11. The lowest BCUT2D eigenvalue weighted by molar-refractivity contribution is 0.758. The lowest BCUT2D eigenvalue weighted by Crippen LogP contribution is -2.22. The summed E-state index contributed by atoms with van der Waals surface area (Å²) in [7, 11) is 0. The van der Waals surface area contributed by atoms with Gasteiger partial charge in [0.05, 0.1) is 0 Å². The number of hydrogen-bond donors (Lipinski definition) is 3. The zero-order valence-electron chi connectivity index (χ0n) is 14.0. The number of amidine groups is 1. The fourth-order valence-electron chi connectivity index (χ4n) is 1.75. The molecule has 5 nitrogen and oxygen atoms in total. The summed E-state index contributed by atoms with van der Waals surface area (Å²) >= 11 is 0. The van der Waals surface area contributed by atoms with Gasteiger partial charge in [0.1, 0.15) is 5.84 Å². The molecule has 0 fully saturated rings. The van der Waals surface area contributed by atoms with Gasteiger partial charge in [-0.2, -0.15) is 5.10 Å². The summed E-state index contributed by atoms with van der Waals surface area (Å²) in [6, 6.07) is 0. The number of aliphatic imine (C=N–C) groups is 1. The molecule has 0 unspecified atom stereocenters. The predicted octanol–water partition coefficient (Wildman–Crippen LogP) is 3.39. The van der Waals surface area contributed by atoms with E-state index in [2.05, 4.69) is 35.3 Å². The highest BCUT2D eigenvalue weighted by molar-refractivity contribution is 5.99. The van der Waals surface area contributed by atoms with Crippen LogP contribution in [0.3, 0.4) is 0 Å². The number of hydrogen-bond acceptors (Lipinski definition) is 4. The van der Waals surface area contributed by atoms with Crippen LogP contribution in [0.25, 0.3) is 0 Å². The van der Waals surface area contributed by atoms with Gasteiger partial charge in [-0.3, -0.25) is 4.99 Å². The molecule has 0 saturated carbocycles. The van der Waals surface area contributed by atoms with E-state index in [0.717, 1.165) is 42.9 Å². The van der Waals surface area contributed by atoms with E-state index in [1.165, 1.54) is 5.57 Å². The van der Waals surface area contributed by atoms with Gasteiger partial charge in [0, 0.05) is 29.7 Å². The lowest BCUT2D eigenvalue weighted by Gasteiger charge is -2.10. The summed E-state index contributed by atoms with van der Waals surface area (Å²) in [5.41, 5.74) is 3.69. The molecule has 21 heavy (non-hydrogen) atoms. The first kappa shape index (κ1) is 19.1. The molecule has 0 atom stereocenters. The maximum absolute atomic E-state index is 7.98. The minimum atomic E-state index is 0.552. The Bertz CT molecular complexity index is 455. The summed E-state index contributed by atoms with van der Waals surface area (Å²) in [6.07, 6.45) is 6.56. The molecular weight excluding hydrogens is 262 g/mol. The summed E-state index contributed by atoms with van der Waals surface area (Å²) < 4.78 is 0. The SMILES string of the molecule is CC=N/C(CCCN/C(C)=N/N)=C(/C=C(\C)CC)C(C)=N. The van der Waals surface area contributed by atoms with Gasteiger partial charge >= 0.3 is 0 Å². The molecule has 5 heteroatoms. The van der Waals surface area contributed by atoms with E-state index >= 15 is 0 Å². The normalized spacial score (nSPS) is 14.3. The van der Waals surface area contributed by atoms with Crippen LogP contribution in [0.2, 0.25) is 0 Å². The molecule has 0 amide bonds. The van der Waals surface area contributed by atoms with Crippen LogP contribution in [-0.2, 0) is 0 Å². The summed E-state index contributed by atoms with van der Waals surface area (Å²) in [5.74, 6) is 5.90. The Kier molecular flexibility index (Phi) is 9.84. The Morgan fingerprint density at radius 1 is 1.29 bits per heavy atom. The van der Waals surface area contributed by atoms with E-state index in [1.54, 1.807) is 6.21 Å². The Morgan fingerprint density at radius 3 is 2.43 bits per heavy atom. The Labute approximate surface area is 128 Å². The molecule has 118 valence electrons. The molecule has 0 aliphatic rings. The molecule has 0 radical (unpaired) electrons. The molecule has 0 aromatic carbocycles. The average molecular weight is 291 g/mol. The summed E-state index contributed by atoms with van der Waals surface area (Å²) in [4.78, 5) is 4.46. The van der Waals surface area contributed by atoms with E-state index in [-0.39, 0.29) is 0 Å². The maximum atomic E-state index is 7.98. The molecule has 0 saturated heterocycles. The first-order chi connectivity index (χ1) is 9.96. The van der Waals surface area contributed by atoms with E-state index in [0.29, 0.717) is 5.71 Å². The van der Waals surface area contributed by atoms with Crippen LogP contribution in [-0.4, -0.2) is 24.3 Å². The standard InChI is InChI=1S/C16H29N5/c1-6-12(3)11-15(13(4)17)16(19-7-2)9-8-10-20-14(5)21-18/h7,11,17H,6,8-10,18H2,1-5H3,(H,20,21)/b12-11+,16-15-,17-13?,19-7?. The van der Waals surface area contributed by atoms with Crippen molar-refractivity contribution in [3.05, 3.63) is 22.9 Å². The number of allylic oxidation sites excluding steroid dienone is 4. The number of rotatable bonds is 8. The van der Waals surface area contributed by atoms with Crippen LogP contribution in [0.15, 0.2) is 33.0 Å². The van der Waals surface area contributed by atoms with Crippen molar-refractivity contribution in [2.24, 2.45) is 15.9 Å². The first-order valence-electron chi connectivity index (χ1n) is 7.39. The van der Waals surface area contributed by atoms with Gasteiger partial charge in [-0.1, -0.05) is 18.6 Å². The molecule has 0 aliphatic heterocycles. The molecule has 4 N–H and O–H groups in total. The molecule has 0 rings (SSSR count). The third-order valence-electron chi connectivity index (χ3n) is 3.11. The summed E-state index contributed by atoms with van der Waals surface area (Å²) in [5, 5.41) is 14.7. The highest BCUT2D eigenvalue weighted by Crippen LogP contribution is 2.17. The van der Waals surface area contributed by atoms with Gasteiger partial charge < -0.3 is 16.6 Å².